The molecule has 0 saturated heterocycles. The van der Waals surface area contributed by atoms with Crippen LogP contribution < -0.4 is 11.1 Å². The quantitative estimate of drug-likeness (QED) is 0.830. The summed E-state index contributed by atoms with van der Waals surface area (Å²) in [7, 11) is 0. The van der Waals surface area contributed by atoms with Gasteiger partial charge in [-0.25, -0.2) is 0 Å². The average Bonchev–Trinajstić information content (AvgIpc) is 2.25. The Kier molecular flexibility index (Phi) is 5.44. The predicted octanol–water partition coefficient (Wildman–Crippen LogP) is 3.50. The maximum absolute atomic E-state index is 11.0. The highest BCUT2D eigenvalue weighted by molar-refractivity contribution is 8.00. The molecule has 0 saturated carbocycles. The SMILES string of the molecule is CC(=O)Nc1ccc(SC(C(C)N)C(C)(C)C)cc1. The van der Waals surface area contributed by atoms with Crippen molar-refractivity contribution >= 4 is 23.4 Å². The summed E-state index contributed by atoms with van der Waals surface area (Å²) in [5, 5.41) is 3.11. The van der Waals surface area contributed by atoms with Crippen molar-refractivity contribution in [2.45, 2.75) is 50.8 Å². The molecule has 0 aliphatic heterocycles. The largest absolute Gasteiger partial charge is 0.327 e. The van der Waals surface area contributed by atoms with Crippen LogP contribution in [0, 0.1) is 5.41 Å². The number of rotatable bonds is 4. The molecule has 2 atom stereocenters. The fraction of sp³-hybridized carbons (Fsp3) is 0.533. The van der Waals surface area contributed by atoms with Gasteiger partial charge < -0.3 is 11.1 Å². The molecule has 3 nitrogen and oxygen atoms in total. The van der Waals surface area contributed by atoms with E-state index in [4.69, 9.17) is 5.73 Å². The number of thioether (sulfide) groups is 1. The van der Waals surface area contributed by atoms with Crippen LogP contribution in [0.3, 0.4) is 0 Å². The maximum Gasteiger partial charge on any atom is 0.221 e. The number of anilines is 1. The third kappa shape index (κ3) is 5.25. The van der Waals surface area contributed by atoms with E-state index in [9.17, 15) is 4.79 Å². The molecule has 0 bridgehead atoms. The van der Waals surface area contributed by atoms with Gasteiger partial charge in [-0.15, -0.1) is 11.8 Å². The van der Waals surface area contributed by atoms with Crippen LogP contribution in [-0.2, 0) is 4.79 Å². The number of carbonyl (C=O) groups is 1. The van der Waals surface area contributed by atoms with Crippen LogP contribution in [0.2, 0.25) is 0 Å². The molecule has 106 valence electrons. The standard InChI is InChI=1S/C15H24N2OS/c1-10(16)14(15(3,4)5)19-13-8-6-12(7-9-13)17-11(2)18/h6-10,14H,16H2,1-5H3,(H,17,18). The van der Waals surface area contributed by atoms with Gasteiger partial charge >= 0.3 is 0 Å². The van der Waals surface area contributed by atoms with E-state index in [0.717, 1.165) is 5.69 Å². The summed E-state index contributed by atoms with van der Waals surface area (Å²) >= 11 is 1.79. The Morgan fingerprint density at radius 1 is 1.26 bits per heavy atom. The lowest BCUT2D eigenvalue weighted by Crippen LogP contribution is -2.38. The van der Waals surface area contributed by atoms with E-state index in [0.29, 0.717) is 5.25 Å². The van der Waals surface area contributed by atoms with Gasteiger partial charge in [0.1, 0.15) is 0 Å². The smallest absolute Gasteiger partial charge is 0.221 e. The number of hydrogen-bond donors (Lipinski definition) is 2. The summed E-state index contributed by atoms with van der Waals surface area (Å²) in [6.07, 6.45) is 0. The lowest BCUT2D eigenvalue weighted by atomic mass is 9.88. The van der Waals surface area contributed by atoms with Crippen molar-refractivity contribution in [1.29, 1.82) is 0 Å². The first-order chi connectivity index (χ1) is 8.70. The van der Waals surface area contributed by atoms with E-state index >= 15 is 0 Å². The summed E-state index contributed by atoms with van der Waals surface area (Å²) in [6.45, 7) is 10.2. The minimum absolute atomic E-state index is 0.0523. The first-order valence-electron chi connectivity index (χ1n) is 6.50. The number of nitrogens with one attached hydrogen (secondary N) is 1. The molecule has 1 aromatic rings. The number of nitrogens with two attached hydrogens (primary N) is 1. The first-order valence-corrected chi connectivity index (χ1v) is 7.38. The van der Waals surface area contributed by atoms with E-state index < -0.39 is 0 Å². The second-order valence-corrected chi connectivity index (χ2v) is 7.18. The van der Waals surface area contributed by atoms with Crippen LogP contribution in [0.25, 0.3) is 0 Å². The fourth-order valence-corrected chi connectivity index (χ4v) is 3.19. The number of amides is 1. The average molecular weight is 280 g/mol. The topological polar surface area (TPSA) is 55.1 Å². The number of carbonyl (C=O) groups excluding carboxylic acids is 1. The molecular formula is C15H24N2OS. The normalized spacial score (nSPS) is 14.8. The summed E-state index contributed by atoms with van der Waals surface area (Å²) in [5.74, 6) is -0.0523. The van der Waals surface area contributed by atoms with Crippen LogP contribution in [0.5, 0.6) is 0 Å². The second kappa shape index (κ2) is 6.44. The Bertz CT molecular complexity index is 421. The Morgan fingerprint density at radius 3 is 2.16 bits per heavy atom. The Balaban J connectivity index is 2.78. The van der Waals surface area contributed by atoms with E-state index in [-0.39, 0.29) is 17.4 Å². The molecule has 1 amide bonds. The predicted molar refractivity (Wildman–Crippen MR) is 83.5 cm³/mol. The summed E-state index contributed by atoms with van der Waals surface area (Å²) in [4.78, 5) is 12.1. The van der Waals surface area contributed by atoms with E-state index in [1.807, 2.05) is 24.3 Å². The highest BCUT2D eigenvalue weighted by atomic mass is 32.2. The zero-order valence-corrected chi connectivity index (χ0v) is 13.2. The first kappa shape index (κ1) is 16.1. The van der Waals surface area contributed by atoms with Crippen molar-refractivity contribution in [2.24, 2.45) is 11.1 Å². The van der Waals surface area contributed by atoms with E-state index in [2.05, 4.69) is 33.0 Å². The molecule has 0 fully saturated rings. The van der Waals surface area contributed by atoms with Gasteiger partial charge in [-0.2, -0.15) is 0 Å². The number of hydrogen-bond acceptors (Lipinski definition) is 3. The summed E-state index contributed by atoms with van der Waals surface area (Å²) in [6, 6.07) is 8.02. The van der Waals surface area contributed by atoms with Crippen molar-refractivity contribution in [3.05, 3.63) is 24.3 Å². The molecule has 0 spiro atoms. The molecule has 0 radical (unpaired) electrons. The molecule has 1 aromatic carbocycles. The zero-order chi connectivity index (χ0) is 14.6. The van der Waals surface area contributed by atoms with Crippen LogP contribution in [-0.4, -0.2) is 17.2 Å². The fourth-order valence-electron chi connectivity index (χ4n) is 2.04. The lowest BCUT2D eigenvalue weighted by Gasteiger charge is -2.33. The third-order valence-electron chi connectivity index (χ3n) is 2.77. The molecular weight excluding hydrogens is 256 g/mol. The van der Waals surface area contributed by atoms with Gasteiger partial charge in [-0.1, -0.05) is 20.8 Å². The molecule has 3 N–H and O–H groups in total. The van der Waals surface area contributed by atoms with Crippen LogP contribution in [0.1, 0.15) is 34.6 Å². The van der Waals surface area contributed by atoms with Gasteiger partial charge in [0.25, 0.3) is 0 Å². The third-order valence-corrected chi connectivity index (χ3v) is 4.70. The lowest BCUT2D eigenvalue weighted by molar-refractivity contribution is -0.114. The van der Waals surface area contributed by atoms with Crippen molar-refractivity contribution < 1.29 is 4.79 Å². The van der Waals surface area contributed by atoms with Crippen molar-refractivity contribution in [2.75, 3.05) is 5.32 Å². The molecule has 1 rings (SSSR count). The molecule has 4 heteroatoms. The molecule has 0 aliphatic carbocycles. The van der Waals surface area contributed by atoms with Crippen LogP contribution >= 0.6 is 11.8 Å². The van der Waals surface area contributed by atoms with Gasteiger partial charge in [0.15, 0.2) is 0 Å². The summed E-state index contributed by atoms with van der Waals surface area (Å²) in [5.41, 5.74) is 7.06. The Morgan fingerprint density at radius 2 is 1.79 bits per heavy atom. The number of benzene rings is 1. The van der Waals surface area contributed by atoms with Crippen LogP contribution in [0.4, 0.5) is 5.69 Å². The van der Waals surface area contributed by atoms with Crippen molar-refractivity contribution in [3.63, 3.8) is 0 Å². The minimum Gasteiger partial charge on any atom is -0.327 e. The van der Waals surface area contributed by atoms with Crippen molar-refractivity contribution in [3.8, 4) is 0 Å². The molecule has 0 heterocycles. The molecule has 0 aliphatic rings. The van der Waals surface area contributed by atoms with E-state index in [1.165, 1.54) is 11.8 Å². The van der Waals surface area contributed by atoms with Gasteiger partial charge in [0, 0.05) is 28.8 Å². The van der Waals surface area contributed by atoms with Gasteiger partial charge in [-0.3, -0.25) is 4.79 Å². The van der Waals surface area contributed by atoms with Gasteiger partial charge in [-0.05, 0) is 36.6 Å². The van der Waals surface area contributed by atoms with Gasteiger partial charge in [0.2, 0.25) is 5.91 Å². The Hall–Kier alpha value is -1.00. The second-order valence-electron chi connectivity index (χ2n) is 5.97. The van der Waals surface area contributed by atoms with Crippen molar-refractivity contribution in [1.82, 2.24) is 0 Å². The van der Waals surface area contributed by atoms with Gasteiger partial charge in [0.05, 0.1) is 0 Å². The molecule has 0 aromatic heterocycles. The Labute approximate surface area is 120 Å². The highest BCUT2D eigenvalue weighted by Crippen LogP contribution is 2.37. The maximum atomic E-state index is 11.0. The monoisotopic (exact) mass is 280 g/mol. The molecule has 2 unspecified atom stereocenters. The highest BCUT2D eigenvalue weighted by Gasteiger charge is 2.28. The van der Waals surface area contributed by atoms with E-state index in [1.54, 1.807) is 11.8 Å². The summed E-state index contributed by atoms with van der Waals surface area (Å²) < 4.78 is 0. The zero-order valence-electron chi connectivity index (χ0n) is 12.4. The van der Waals surface area contributed by atoms with Crippen LogP contribution in [0.15, 0.2) is 29.2 Å². The molecule has 19 heavy (non-hydrogen) atoms. The minimum atomic E-state index is -0.0523.